The first-order valence-corrected chi connectivity index (χ1v) is 6.22. The van der Waals surface area contributed by atoms with E-state index < -0.39 is 5.97 Å². The molecule has 0 aliphatic heterocycles. The normalized spacial score (nSPS) is 9.39. The topological polar surface area (TPSA) is 57.1 Å². The van der Waals surface area contributed by atoms with Crippen LogP contribution in [0.5, 0.6) is 11.5 Å². The van der Waals surface area contributed by atoms with Gasteiger partial charge in [0, 0.05) is 7.05 Å². The molecule has 0 bridgehead atoms. The Labute approximate surface area is 109 Å². The lowest BCUT2D eigenvalue weighted by molar-refractivity contribution is 0.0600. The third-order valence-corrected chi connectivity index (χ3v) is 2.25. The van der Waals surface area contributed by atoms with Crippen molar-refractivity contribution >= 4 is 14.6 Å². The lowest BCUT2D eigenvalue weighted by atomic mass is 10.2. The number of hydrogen-bond acceptors (Lipinski definition) is 5. The fraction of sp³-hybridized carbons (Fsp3) is 0.417. The van der Waals surface area contributed by atoms with E-state index in [1.54, 1.807) is 25.2 Å². The van der Waals surface area contributed by atoms with Crippen molar-refractivity contribution in [1.82, 2.24) is 0 Å². The van der Waals surface area contributed by atoms with E-state index in [0.717, 1.165) is 0 Å². The Morgan fingerprint density at radius 2 is 1.89 bits per heavy atom. The van der Waals surface area contributed by atoms with Gasteiger partial charge in [0.25, 0.3) is 0 Å². The molecule has 0 saturated heterocycles. The smallest absolute Gasteiger partial charge is 0.337 e. The number of ether oxygens (including phenoxy) is 2. The number of hydrogen-bond donors (Lipinski definition) is 0. The third kappa shape index (κ3) is 4.72. The molecule has 1 rings (SSSR count). The SMILES string of the molecule is CC.CN=POc1ccc(C(=O)OC)cc1OC. The summed E-state index contributed by atoms with van der Waals surface area (Å²) in [7, 11) is 4.94. The van der Waals surface area contributed by atoms with Crippen LogP contribution in [0.15, 0.2) is 22.9 Å². The van der Waals surface area contributed by atoms with Crippen molar-refractivity contribution in [3.8, 4) is 11.5 Å². The summed E-state index contributed by atoms with van der Waals surface area (Å²) in [5.41, 5.74) is 0.414. The molecule has 0 radical (unpaired) electrons. The zero-order valence-corrected chi connectivity index (χ0v) is 12.2. The van der Waals surface area contributed by atoms with E-state index in [0.29, 0.717) is 25.7 Å². The Kier molecular flexibility index (Phi) is 8.58. The molecule has 0 unspecified atom stereocenters. The summed E-state index contributed by atoms with van der Waals surface area (Å²) < 4.78 is 18.8. The summed E-state index contributed by atoms with van der Waals surface area (Å²) in [5.74, 6) is 0.587. The van der Waals surface area contributed by atoms with Crippen LogP contribution in [-0.4, -0.2) is 27.2 Å². The van der Waals surface area contributed by atoms with Crippen molar-refractivity contribution in [2.24, 2.45) is 4.74 Å². The second kappa shape index (κ2) is 9.42. The zero-order valence-electron chi connectivity index (χ0n) is 11.3. The van der Waals surface area contributed by atoms with Crippen molar-refractivity contribution in [2.75, 3.05) is 21.3 Å². The van der Waals surface area contributed by atoms with E-state index in [9.17, 15) is 4.79 Å². The molecule has 0 atom stereocenters. The number of esters is 1. The van der Waals surface area contributed by atoms with Crippen molar-refractivity contribution in [3.63, 3.8) is 0 Å². The molecule has 0 aliphatic carbocycles. The van der Waals surface area contributed by atoms with Crippen molar-refractivity contribution in [3.05, 3.63) is 23.8 Å². The summed E-state index contributed by atoms with van der Waals surface area (Å²) >= 11 is 0. The lowest BCUT2D eigenvalue weighted by Crippen LogP contribution is -2.01. The molecule has 0 fully saturated rings. The highest BCUT2D eigenvalue weighted by Crippen LogP contribution is 2.30. The van der Waals surface area contributed by atoms with Crippen LogP contribution in [0.4, 0.5) is 0 Å². The molecule has 100 valence electrons. The zero-order chi connectivity index (χ0) is 14.0. The Morgan fingerprint density at radius 3 is 2.39 bits per heavy atom. The van der Waals surface area contributed by atoms with Gasteiger partial charge < -0.3 is 14.0 Å². The minimum absolute atomic E-state index is 0.414. The molecule has 0 spiro atoms. The van der Waals surface area contributed by atoms with E-state index in [1.807, 2.05) is 13.8 Å². The number of rotatable bonds is 4. The van der Waals surface area contributed by atoms with Crippen LogP contribution in [0, 0.1) is 0 Å². The fourth-order valence-electron chi connectivity index (χ4n) is 1.07. The maximum absolute atomic E-state index is 11.3. The van der Waals surface area contributed by atoms with E-state index in [1.165, 1.54) is 14.2 Å². The highest BCUT2D eigenvalue weighted by atomic mass is 31.1. The highest BCUT2D eigenvalue weighted by molar-refractivity contribution is 7.21. The van der Waals surface area contributed by atoms with Gasteiger partial charge in [-0.2, -0.15) is 0 Å². The van der Waals surface area contributed by atoms with Crippen LogP contribution in [0.1, 0.15) is 24.2 Å². The van der Waals surface area contributed by atoms with Crippen molar-refractivity contribution in [1.29, 1.82) is 0 Å². The van der Waals surface area contributed by atoms with Gasteiger partial charge in [0.1, 0.15) is 0 Å². The maximum atomic E-state index is 11.3. The monoisotopic (exact) mass is 271 g/mol. The van der Waals surface area contributed by atoms with Gasteiger partial charge in [-0.1, -0.05) is 13.8 Å². The van der Waals surface area contributed by atoms with E-state index >= 15 is 0 Å². The molecule has 18 heavy (non-hydrogen) atoms. The Balaban J connectivity index is 0.00000137. The molecule has 0 aliphatic rings. The summed E-state index contributed by atoms with van der Waals surface area (Å²) in [6, 6.07) is 4.81. The van der Waals surface area contributed by atoms with Gasteiger partial charge in [0.15, 0.2) is 11.5 Å². The molecule has 0 N–H and O–H groups in total. The van der Waals surface area contributed by atoms with Gasteiger partial charge >= 0.3 is 5.97 Å². The Morgan fingerprint density at radius 1 is 1.22 bits per heavy atom. The number of nitrogens with zero attached hydrogens (tertiary/aromatic N) is 1. The van der Waals surface area contributed by atoms with Crippen LogP contribution >= 0.6 is 8.60 Å². The Bertz CT molecular complexity index is 407. The fourth-order valence-corrected chi connectivity index (χ4v) is 1.39. The van der Waals surface area contributed by atoms with Crippen LogP contribution in [0.25, 0.3) is 0 Å². The van der Waals surface area contributed by atoms with E-state index in [-0.39, 0.29) is 0 Å². The second-order valence-corrected chi connectivity index (χ2v) is 3.48. The second-order valence-electron chi connectivity index (χ2n) is 2.73. The third-order valence-electron chi connectivity index (χ3n) is 1.81. The summed E-state index contributed by atoms with van der Waals surface area (Å²) in [5, 5.41) is 0. The number of carbonyl (C=O) groups excluding carboxylic acids is 1. The number of carbonyl (C=O) groups is 1. The van der Waals surface area contributed by atoms with Crippen molar-refractivity contribution < 1.29 is 18.8 Å². The predicted molar refractivity (Wildman–Crippen MR) is 71.6 cm³/mol. The summed E-state index contributed by atoms with van der Waals surface area (Å²) in [4.78, 5) is 11.3. The van der Waals surface area contributed by atoms with Gasteiger partial charge in [-0.25, -0.2) is 9.54 Å². The largest absolute Gasteiger partial charge is 0.493 e. The number of methoxy groups -OCH3 is 2. The van der Waals surface area contributed by atoms with Gasteiger partial charge in [0.05, 0.1) is 19.8 Å². The van der Waals surface area contributed by atoms with Gasteiger partial charge in [0.2, 0.25) is 8.60 Å². The molecule has 0 saturated carbocycles. The Hall–Kier alpha value is -1.61. The summed E-state index contributed by atoms with van der Waals surface area (Å²) in [6.45, 7) is 4.00. The quantitative estimate of drug-likeness (QED) is 0.620. The molecular weight excluding hydrogens is 253 g/mol. The highest BCUT2D eigenvalue weighted by Gasteiger charge is 2.10. The first kappa shape index (κ1) is 16.4. The van der Waals surface area contributed by atoms with E-state index in [2.05, 4.69) is 9.48 Å². The predicted octanol–water partition coefficient (Wildman–Crippen LogP) is 3.56. The van der Waals surface area contributed by atoms with Crippen LogP contribution in [0.2, 0.25) is 0 Å². The maximum Gasteiger partial charge on any atom is 0.337 e. The van der Waals surface area contributed by atoms with Gasteiger partial charge in [-0.15, -0.1) is 0 Å². The minimum atomic E-state index is -0.414. The molecule has 1 aromatic carbocycles. The number of benzene rings is 1. The minimum Gasteiger partial charge on any atom is -0.493 e. The first-order valence-electron chi connectivity index (χ1n) is 5.45. The van der Waals surface area contributed by atoms with Crippen molar-refractivity contribution in [2.45, 2.75) is 13.8 Å². The molecule has 1 aromatic rings. The molecule has 0 heterocycles. The van der Waals surface area contributed by atoms with Crippen LogP contribution in [0.3, 0.4) is 0 Å². The standard InChI is InChI=1S/C10H12NO4P.C2H6/c1-11-16-15-8-5-4-7(10(12)14-3)6-9(8)13-2;1-2/h4-6H,1-3H3;1-2H3. The average molecular weight is 271 g/mol. The molecule has 5 nitrogen and oxygen atoms in total. The summed E-state index contributed by atoms with van der Waals surface area (Å²) in [6.07, 6.45) is 0. The average Bonchev–Trinajstić information content (AvgIpc) is 2.46. The van der Waals surface area contributed by atoms with Crippen LogP contribution < -0.4 is 9.26 Å². The van der Waals surface area contributed by atoms with Gasteiger partial charge in [-0.05, 0) is 18.2 Å². The molecule has 0 amide bonds. The first-order chi connectivity index (χ1) is 8.72. The van der Waals surface area contributed by atoms with E-state index in [4.69, 9.17) is 9.26 Å². The van der Waals surface area contributed by atoms with Gasteiger partial charge in [-0.3, -0.25) is 0 Å². The van der Waals surface area contributed by atoms with Crippen LogP contribution in [-0.2, 0) is 4.74 Å². The lowest BCUT2D eigenvalue weighted by Gasteiger charge is -2.07. The molecular formula is C12H18NO4P. The molecule has 0 aromatic heterocycles. The molecule has 6 heteroatoms.